The van der Waals surface area contributed by atoms with Crippen molar-refractivity contribution in [2.45, 2.75) is 41.2 Å². The summed E-state index contributed by atoms with van der Waals surface area (Å²) in [6.45, 7) is 10.1. The molecule has 3 aromatic rings. The van der Waals surface area contributed by atoms with Crippen molar-refractivity contribution < 1.29 is 19.1 Å². The summed E-state index contributed by atoms with van der Waals surface area (Å²) < 4.78 is 13.7. The number of fused-ring (bicyclic) bond motifs is 2. The Kier molecular flexibility index (Phi) is 4.77. The van der Waals surface area contributed by atoms with Gasteiger partial charge in [0.1, 0.15) is 11.5 Å². The molecular weight excluding hydrogens is 378 g/mol. The van der Waals surface area contributed by atoms with Gasteiger partial charge in [-0.15, -0.1) is 0 Å². The van der Waals surface area contributed by atoms with Gasteiger partial charge in [0.15, 0.2) is 5.76 Å². The molecule has 30 heavy (non-hydrogen) atoms. The lowest BCUT2D eigenvalue weighted by Crippen LogP contribution is -2.25. The highest BCUT2D eigenvalue weighted by atomic mass is 16.5. The van der Waals surface area contributed by atoms with Gasteiger partial charge in [0.25, 0.3) is 0 Å². The Labute approximate surface area is 175 Å². The third-order valence-electron chi connectivity index (χ3n) is 5.30. The maximum atomic E-state index is 13.0. The fourth-order valence-corrected chi connectivity index (χ4v) is 3.52. The minimum absolute atomic E-state index is 0.171. The number of ether oxygens (including phenoxy) is 2. The summed E-state index contributed by atoms with van der Waals surface area (Å²) in [6.07, 6.45) is 3.82. The molecule has 1 aromatic heterocycles. The third-order valence-corrected chi connectivity index (χ3v) is 5.30. The Morgan fingerprint density at radius 1 is 1.17 bits per heavy atom. The molecule has 0 radical (unpaired) electrons. The van der Waals surface area contributed by atoms with Crippen LogP contribution in [0.1, 0.15) is 49.2 Å². The summed E-state index contributed by atoms with van der Waals surface area (Å²) in [4.78, 5) is 25.2. The number of carbonyl (C=O) groups is 2. The highest BCUT2D eigenvalue weighted by Gasteiger charge is 2.32. The van der Waals surface area contributed by atoms with Crippen molar-refractivity contribution in [1.29, 1.82) is 0 Å². The average Bonchev–Trinajstić information content (AvgIpc) is 3.22. The van der Waals surface area contributed by atoms with Crippen LogP contribution < -0.4 is 9.47 Å². The van der Waals surface area contributed by atoms with E-state index in [0.29, 0.717) is 22.6 Å². The molecular formula is C25H25NO4. The van der Waals surface area contributed by atoms with Gasteiger partial charge in [-0.1, -0.05) is 18.2 Å². The van der Waals surface area contributed by atoms with Crippen LogP contribution in [0.15, 0.2) is 48.4 Å². The van der Waals surface area contributed by atoms with Gasteiger partial charge in [-0.2, -0.15) is 0 Å². The molecule has 0 fully saturated rings. The maximum absolute atomic E-state index is 13.0. The molecule has 5 nitrogen and oxygen atoms in total. The van der Waals surface area contributed by atoms with Crippen LogP contribution in [0.3, 0.4) is 0 Å². The number of Topliss-reactive ketones (excluding diaryl/α,β-unsaturated/α-hetero) is 1. The van der Waals surface area contributed by atoms with Crippen molar-refractivity contribution in [2.24, 2.45) is 5.41 Å². The Hall–Kier alpha value is -3.34. The molecule has 0 atom stereocenters. The summed E-state index contributed by atoms with van der Waals surface area (Å²) in [5.74, 6) is 0.620. The number of para-hydroxylation sites is 1. The van der Waals surface area contributed by atoms with Crippen molar-refractivity contribution in [3.8, 4) is 11.5 Å². The molecule has 0 spiro atoms. The number of carbonyl (C=O) groups excluding carboxylic acids is 2. The largest absolute Gasteiger partial charge is 0.452 e. The minimum atomic E-state index is -0.624. The van der Waals surface area contributed by atoms with Crippen LogP contribution >= 0.6 is 0 Å². The number of hydrogen-bond donors (Lipinski definition) is 0. The van der Waals surface area contributed by atoms with Crippen molar-refractivity contribution in [2.75, 3.05) is 0 Å². The SMILES string of the molecule is CCn1cc(C=C2Oc3c(ccc(OC(=O)C(C)(C)C)c3C)C2=O)c2ccccc21. The number of aryl methyl sites for hydroxylation is 1. The van der Waals surface area contributed by atoms with E-state index in [0.717, 1.165) is 23.0 Å². The number of rotatable bonds is 3. The molecule has 154 valence electrons. The molecule has 2 heterocycles. The lowest BCUT2D eigenvalue weighted by atomic mass is 9.97. The molecule has 1 aliphatic heterocycles. The molecule has 0 saturated heterocycles. The fraction of sp³-hybridized carbons (Fsp3) is 0.280. The standard InChI is InChI=1S/C25H25NO4/c1-6-26-14-16(17-9-7-8-10-19(17)26)13-21-22(27)18-11-12-20(15(2)23(18)29-21)30-24(28)25(3,4)5/h7-14H,6H2,1-5H3. The van der Waals surface area contributed by atoms with Gasteiger partial charge in [0, 0.05) is 34.8 Å². The van der Waals surface area contributed by atoms with Gasteiger partial charge in [-0.05, 0) is 58.9 Å². The van der Waals surface area contributed by atoms with Crippen LogP contribution in [-0.2, 0) is 11.3 Å². The van der Waals surface area contributed by atoms with Crippen LogP contribution in [0.5, 0.6) is 11.5 Å². The second-order valence-electron chi connectivity index (χ2n) is 8.53. The van der Waals surface area contributed by atoms with Crippen LogP contribution in [0.4, 0.5) is 0 Å². The van der Waals surface area contributed by atoms with E-state index in [1.807, 2.05) is 24.4 Å². The van der Waals surface area contributed by atoms with E-state index in [4.69, 9.17) is 9.47 Å². The Morgan fingerprint density at radius 2 is 1.90 bits per heavy atom. The van der Waals surface area contributed by atoms with E-state index >= 15 is 0 Å². The van der Waals surface area contributed by atoms with E-state index in [2.05, 4.69) is 17.6 Å². The first-order chi connectivity index (χ1) is 14.2. The number of esters is 1. The van der Waals surface area contributed by atoms with Gasteiger partial charge in [-0.3, -0.25) is 9.59 Å². The quantitative estimate of drug-likeness (QED) is 0.327. The van der Waals surface area contributed by atoms with Gasteiger partial charge in [-0.25, -0.2) is 0 Å². The highest BCUT2D eigenvalue weighted by Crippen LogP contribution is 2.40. The average molecular weight is 403 g/mol. The highest BCUT2D eigenvalue weighted by molar-refractivity contribution is 6.15. The summed E-state index contributed by atoms with van der Waals surface area (Å²) in [5.41, 5.74) is 2.54. The number of aromatic nitrogens is 1. The minimum Gasteiger partial charge on any atom is -0.452 e. The number of benzene rings is 2. The van der Waals surface area contributed by atoms with Gasteiger partial charge >= 0.3 is 5.97 Å². The molecule has 2 aromatic carbocycles. The zero-order valence-electron chi connectivity index (χ0n) is 17.9. The van der Waals surface area contributed by atoms with Gasteiger partial charge < -0.3 is 14.0 Å². The van der Waals surface area contributed by atoms with Crippen LogP contribution in [0, 0.1) is 12.3 Å². The monoisotopic (exact) mass is 403 g/mol. The normalized spacial score (nSPS) is 14.8. The van der Waals surface area contributed by atoms with E-state index < -0.39 is 5.41 Å². The van der Waals surface area contributed by atoms with E-state index in [-0.39, 0.29) is 17.5 Å². The van der Waals surface area contributed by atoms with E-state index in [1.165, 1.54) is 0 Å². The van der Waals surface area contributed by atoms with Crippen molar-refractivity contribution in [3.05, 3.63) is 65.0 Å². The summed E-state index contributed by atoms with van der Waals surface area (Å²) in [7, 11) is 0. The van der Waals surface area contributed by atoms with E-state index in [9.17, 15) is 9.59 Å². The zero-order valence-corrected chi connectivity index (χ0v) is 17.9. The van der Waals surface area contributed by atoms with Crippen molar-refractivity contribution in [1.82, 2.24) is 4.57 Å². The first kappa shape index (κ1) is 20.0. The summed E-state index contributed by atoms with van der Waals surface area (Å²) in [5, 5.41) is 1.07. The lowest BCUT2D eigenvalue weighted by Gasteiger charge is -2.17. The Balaban J connectivity index is 1.71. The molecule has 0 bridgehead atoms. The Morgan fingerprint density at radius 3 is 2.60 bits per heavy atom. The maximum Gasteiger partial charge on any atom is 0.316 e. The third kappa shape index (κ3) is 3.30. The first-order valence-corrected chi connectivity index (χ1v) is 10.1. The number of hydrogen-bond acceptors (Lipinski definition) is 4. The van der Waals surface area contributed by atoms with Gasteiger partial charge in [0.2, 0.25) is 5.78 Å². The second-order valence-corrected chi connectivity index (χ2v) is 8.53. The smallest absolute Gasteiger partial charge is 0.316 e. The first-order valence-electron chi connectivity index (χ1n) is 10.1. The lowest BCUT2D eigenvalue weighted by molar-refractivity contribution is -0.143. The molecule has 1 aliphatic rings. The van der Waals surface area contributed by atoms with Crippen LogP contribution in [-0.4, -0.2) is 16.3 Å². The molecule has 5 heteroatoms. The summed E-state index contributed by atoms with van der Waals surface area (Å²) >= 11 is 0. The molecule has 0 amide bonds. The fourth-order valence-electron chi connectivity index (χ4n) is 3.52. The molecule has 4 rings (SSSR count). The second kappa shape index (κ2) is 7.17. The predicted octanol–water partition coefficient (Wildman–Crippen LogP) is 5.54. The number of allylic oxidation sites excluding steroid dienone is 1. The molecule has 0 saturated carbocycles. The predicted molar refractivity (Wildman–Crippen MR) is 117 cm³/mol. The van der Waals surface area contributed by atoms with Crippen molar-refractivity contribution in [3.63, 3.8) is 0 Å². The molecule has 0 unspecified atom stereocenters. The molecule has 0 aliphatic carbocycles. The number of ketones is 1. The van der Waals surface area contributed by atoms with Crippen molar-refractivity contribution >= 4 is 28.7 Å². The van der Waals surface area contributed by atoms with Crippen LogP contribution in [0.25, 0.3) is 17.0 Å². The molecule has 0 N–H and O–H groups in total. The van der Waals surface area contributed by atoms with E-state index in [1.54, 1.807) is 45.9 Å². The topological polar surface area (TPSA) is 57.5 Å². The van der Waals surface area contributed by atoms with Gasteiger partial charge in [0.05, 0.1) is 11.0 Å². The summed E-state index contributed by atoms with van der Waals surface area (Å²) in [6, 6.07) is 11.4. The Bertz CT molecular complexity index is 1210. The zero-order chi connectivity index (χ0) is 21.6. The number of nitrogens with zero attached hydrogens (tertiary/aromatic N) is 1. The van der Waals surface area contributed by atoms with Crippen LogP contribution in [0.2, 0.25) is 0 Å².